The molecule has 23 heavy (non-hydrogen) atoms. The summed E-state index contributed by atoms with van der Waals surface area (Å²) < 4.78 is 10.8. The number of ether oxygens (including phenoxy) is 2. The van der Waals surface area contributed by atoms with Gasteiger partial charge in [-0.3, -0.25) is 4.79 Å². The topological polar surface area (TPSA) is 63.4 Å². The summed E-state index contributed by atoms with van der Waals surface area (Å²) in [5.74, 6) is 6.59. The molecule has 0 saturated carbocycles. The maximum Gasteiger partial charge on any atom is 0.268 e. The standard InChI is InChI=1S/C18H20N2O3/c1-22-17-9-4-8-15-14(17)12-16(20-15)18(21)19-10-5-7-13-6-2-3-11-23-13/h4,8-9,12-13,20H,2-3,6,10-11H2,1H3,(H,19,21). The number of benzene rings is 1. The molecular weight excluding hydrogens is 292 g/mol. The van der Waals surface area contributed by atoms with Crippen LogP contribution in [0.15, 0.2) is 24.3 Å². The number of rotatable bonds is 3. The lowest BCUT2D eigenvalue weighted by Crippen LogP contribution is -2.24. The number of carbonyl (C=O) groups is 1. The highest BCUT2D eigenvalue weighted by molar-refractivity contribution is 5.99. The molecule has 3 rings (SSSR count). The molecule has 1 aliphatic heterocycles. The van der Waals surface area contributed by atoms with Crippen LogP contribution in [0.1, 0.15) is 29.8 Å². The van der Waals surface area contributed by atoms with Gasteiger partial charge in [-0.15, -0.1) is 0 Å². The molecule has 1 aromatic heterocycles. The van der Waals surface area contributed by atoms with Crippen LogP contribution in [-0.4, -0.2) is 37.3 Å². The Hall–Kier alpha value is -2.45. The van der Waals surface area contributed by atoms with E-state index < -0.39 is 0 Å². The first-order valence-electron chi connectivity index (χ1n) is 7.82. The van der Waals surface area contributed by atoms with Crippen LogP contribution in [0.4, 0.5) is 0 Å². The minimum absolute atomic E-state index is 0.0120. The maximum atomic E-state index is 12.2. The number of fused-ring (bicyclic) bond motifs is 1. The Labute approximate surface area is 135 Å². The van der Waals surface area contributed by atoms with Crippen LogP contribution in [0, 0.1) is 11.8 Å². The third-order valence-electron chi connectivity index (χ3n) is 3.87. The minimum atomic E-state index is -0.179. The molecule has 5 nitrogen and oxygen atoms in total. The van der Waals surface area contributed by atoms with Crippen molar-refractivity contribution in [3.8, 4) is 17.6 Å². The SMILES string of the molecule is COc1cccc2[nH]c(C(=O)NCC#CC3CCCCO3)cc12. The predicted octanol–water partition coefficient (Wildman–Crippen LogP) is 2.48. The molecule has 2 heterocycles. The van der Waals surface area contributed by atoms with E-state index in [0.29, 0.717) is 12.2 Å². The summed E-state index contributed by atoms with van der Waals surface area (Å²) in [4.78, 5) is 15.3. The molecule has 1 aromatic carbocycles. The molecule has 2 aromatic rings. The Morgan fingerprint density at radius 2 is 2.39 bits per heavy atom. The Kier molecular flexibility index (Phi) is 4.84. The highest BCUT2D eigenvalue weighted by Gasteiger charge is 2.12. The molecule has 1 unspecified atom stereocenters. The number of hydrogen-bond donors (Lipinski definition) is 2. The number of amides is 1. The molecule has 0 aliphatic carbocycles. The minimum Gasteiger partial charge on any atom is -0.496 e. The van der Waals surface area contributed by atoms with Gasteiger partial charge in [0.25, 0.3) is 5.91 Å². The third-order valence-corrected chi connectivity index (χ3v) is 3.87. The van der Waals surface area contributed by atoms with Gasteiger partial charge in [0.2, 0.25) is 0 Å². The summed E-state index contributed by atoms with van der Waals surface area (Å²) in [6.45, 7) is 1.09. The summed E-state index contributed by atoms with van der Waals surface area (Å²) >= 11 is 0. The largest absolute Gasteiger partial charge is 0.496 e. The van der Waals surface area contributed by atoms with Gasteiger partial charge in [-0.25, -0.2) is 0 Å². The molecule has 1 fully saturated rings. The number of methoxy groups -OCH3 is 1. The molecular formula is C18H20N2O3. The number of hydrogen-bond acceptors (Lipinski definition) is 3. The van der Waals surface area contributed by atoms with E-state index >= 15 is 0 Å². The Morgan fingerprint density at radius 3 is 3.17 bits per heavy atom. The van der Waals surface area contributed by atoms with E-state index in [1.807, 2.05) is 18.2 Å². The average molecular weight is 312 g/mol. The zero-order chi connectivity index (χ0) is 16.1. The monoisotopic (exact) mass is 312 g/mol. The summed E-state index contributed by atoms with van der Waals surface area (Å²) in [6, 6.07) is 7.46. The molecule has 0 radical (unpaired) electrons. The van der Waals surface area contributed by atoms with E-state index in [0.717, 1.165) is 42.5 Å². The van der Waals surface area contributed by atoms with Crippen LogP contribution in [0.25, 0.3) is 10.9 Å². The second-order valence-electron chi connectivity index (χ2n) is 5.46. The average Bonchev–Trinajstić information content (AvgIpc) is 3.03. The molecule has 1 saturated heterocycles. The van der Waals surface area contributed by atoms with Gasteiger partial charge < -0.3 is 19.8 Å². The first-order valence-corrected chi connectivity index (χ1v) is 7.82. The smallest absolute Gasteiger partial charge is 0.268 e. The van der Waals surface area contributed by atoms with Crippen molar-refractivity contribution < 1.29 is 14.3 Å². The fourth-order valence-corrected chi connectivity index (χ4v) is 2.67. The van der Waals surface area contributed by atoms with Crippen molar-refractivity contribution in [1.29, 1.82) is 0 Å². The van der Waals surface area contributed by atoms with Gasteiger partial charge in [-0.2, -0.15) is 0 Å². The highest BCUT2D eigenvalue weighted by atomic mass is 16.5. The van der Waals surface area contributed by atoms with Crippen LogP contribution in [-0.2, 0) is 4.74 Å². The number of nitrogens with one attached hydrogen (secondary N) is 2. The van der Waals surface area contributed by atoms with Gasteiger partial charge in [0.1, 0.15) is 17.5 Å². The van der Waals surface area contributed by atoms with Gasteiger partial charge in [-0.1, -0.05) is 17.9 Å². The van der Waals surface area contributed by atoms with Gasteiger partial charge in [0.15, 0.2) is 0 Å². The van der Waals surface area contributed by atoms with Crippen molar-refractivity contribution in [2.24, 2.45) is 0 Å². The number of aromatic amines is 1. The Morgan fingerprint density at radius 1 is 1.48 bits per heavy atom. The van der Waals surface area contributed by atoms with E-state index in [-0.39, 0.29) is 12.0 Å². The van der Waals surface area contributed by atoms with Crippen molar-refractivity contribution in [2.45, 2.75) is 25.4 Å². The van der Waals surface area contributed by atoms with Crippen LogP contribution in [0.2, 0.25) is 0 Å². The molecule has 1 aliphatic rings. The summed E-state index contributed by atoms with van der Waals surface area (Å²) in [5, 5.41) is 3.69. The zero-order valence-electron chi connectivity index (χ0n) is 13.1. The Bertz CT molecular complexity index is 748. The van der Waals surface area contributed by atoms with E-state index in [1.54, 1.807) is 13.2 Å². The molecule has 1 atom stereocenters. The molecule has 0 spiro atoms. The lowest BCUT2D eigenvalue weighted by Gasteiger charge is -2.17. The fraction of sp³-hybridized carbons (Fsp3) is 0.389. The molecule has 1 amide bonds. The van der Waals surface area contributed by atoms with Crippen molar-refractivity contribution >= 4 is 16.8 Å². The van der Waals surface area contributed by atoms with E-state index in [1.165, 1.54) is 0 Å². The fourth-order valence-electron chi connectivity index (χ4n) is 2.67. The second-order valence-corrected chi connectivity index (χ2v) is 5.46. The van der Waals surface area contributed by atoms with Gasteiger partial charge in [-0.05, 0) is 37.5 Å². The molecule has 0 bridgehead atoms. The number of H-pyrrole nitrogens is 1. The Balaban J connectivity index is 1.61. The number of aromatic nitrogens is 1. The lowest BCUT2D eigenvalue weighted by molar-refractivity contribution is 0.0525. The number of carbonyl (C=O) groups excluding carboxylic acids is 1. The lowest BCUT2D eigenvalue weighted by atomic mass is 10.1. The van der Waals surface area contributed by atoms with Gasteiger partial charge in [0, 0.05) is 17.5 Å². The van der Waals surface area contributed by atoms with Crippen LogP contribution in [0.3, 0.4) is 0 Å². The van der Waals surface area contributed by atoms with Crippen molar-refractivity contribution in [1.82, 2.24) is 10.3 Å². The van der Waals surface area contributed by atoms with Gasteiger partial charge in [0.05, 0.1) is 13.7 Å². The molecule has 5 heteroatoms. The first kappa shape index (κ1) is 15.4. The predicted molar refractivity (Wildman–Crippen MR) is 88.6 cm³/mol. The molecule has 120 valence electrons. The van der Waals surface area contributed by atoms with Crippen molar-refractivity contribution in [3.63, 3.8) is 0 Å². The maximum absolute atomic E-state index is 12.2. The van der Waals surface area contributed by atoms with Crippen LogP contribution >= 0.6 is 0 Å². The zero-order valence-corrected chi connectivity index (χ0v) is 13.1. The van der Waals surface area contributed by atoms with E-state index in [2.05, 4.69) is 22.1 Å². The van der Waals surface area contributed by atoms with E-state index in [4.69, 9.17) is 9.47 Å². The van der Waals surface area contributed by atoms with E-state index in [9.17, 15) is 4.79 Å². The summed E-state index contributed by atoms with van der Waals surface area (Å²) in [6.07, 6.45) is 3.25. The summed E-state index contributed by atoms with van der Waals surface area (Å²) in [7, 11) is 1.62. The second kappa shape index (κ2) is 7.21. The third kappa shape index (κ3) is 3.66. The van der Waals surface area contributed by atoms with Crippen LogP contribution < -0.4 is 10.1 Å². The van der Waals surface area contributed by atoms with Gasteiger partial charge >= 0.3 is 0 Å². The van der Waals surface area contributed by atoms with Crippen molar-refractivity contribution in [2.75, 3.05) is 20.3 Å². The van der Waals surface area contributed by atoms with Crippen LogP contribution in [0.5, 0.6) is 5.75 Å². The highest BCUT2D eigenvalue weighted by Crippen LogP contribution is 2.25. The normalized spacial score (nSPS) is 17.3. The van der Waals surface area contributed by atoms with Crippen molar-refractivity contribution in [3.05, 3.63) is 30.0 Å². The first-order chi connectivity index (χ1) is 11.3. The summed E-state index contributed by atoms with van der Waals surface area (Å²) in [5.41, 5.74) is 1.37. The quantitative estimate of drug-likeness (QED) is 0.856. The molecule has 2 N–H and O–H groups in total.